The lowest BCUT2D eigenvalue weighted by Crippen LogP contribution is -2.44. The van der Waals surface area contributed by atoms with Gasteiger partial charge in [-0.1, -0.05) is 13.3 Å². The van der Waals surface area contributed by atoms with E-state index >= 15 is 0 Å². The largest absolute Gasteiger partial charge is 0.381 e. The number of hydrogen-bond donors (Lipinski definition) is 1. The number of nitrogens with zero attached hydrogens (tertiary/aromatic N) is 1. The molecule has 0 spiro atoms. The van der Waals surface area contributed by atoms with E-state index in [-0.39, 0.29) is 0 Å². The molecule has 2 aliphatic heterocycles. The average Bonchev–Trinajstić information content (AvgIpc) is 2.45. The first-order chi connectivity index (χ1) is 8.88. The SMILES string of the molecule is CCCCN1CCC(NCC2CCOCC2)CC1. The van der Waals surface area contributed by atoms with Gasteiger partial charge in [0.1, 0.15) is 0 Å². The van der Waals surface area contributed by atoms with Crippen molar-refractivity contribution in [1.29, 1.82) is 0 Å². The van der Waals surface area contributed by atoms with Crippen LogP contribution in [-0.2, 0) is 4.74 Å². The van der Waals surface area contributed by atoms with Gasteiger partial charge >= 0.3 is 0 Å². The van der Waals surface area contributed by atoms with Gasteiger partial charge in [-0.05, 0) is 64.2 Å². The first kappa shape index (κ1) is 14.3. The Balaban J connectivity index is 1.55. The van der Waals surface area contributed by atoms with Gasteiger partial charge in [-0.2, -0.15) is 0 Å². The smallest absolute Gasteiger partial charge is 0.0469 e. The third kappa shape index (κ3) is 4.87. The minimum absolute atomic E-state index is 0.769. The second kappa shape index (κ2) is 8.13. The van der Waals surface area contributed by atoms with E-state index < -0.39 is 0 Å². The van der Waals surface area contributed by atoms with Gasteiger partial charge in [0.25, 0.3) is 0 Å². The van der Waals surface area contributed by atoms with Gasteiger partial charge in [0, 0.05) is 19.3 Å². The Labute approximate surface area is 112 Å². The summed E-state index contributed by atoms with van der Waals surface area (Å²) in [5.74, 6) is 0.858. The highest BCUT2D eigenvalue weighted by Crippen LogP contribution is 2.16. The molecule has 0 amide bonds. The highest BCUT2D eigenvalue weighted by Gasteiger charge is 2.20. The van der Waals surface area contributed by atoms with Gasteiger partial charge in [-0.25, -0.2) is 0 Å². The molecule has 2 fully saturated rings. The fourth-order valence-corrected chi connectivity index (χ4v) is 3.03. The Kier molecular flexibility index (Phi) is 6.46. The van der Waals surface area contributed by atoms with Crippen molar-refractivity contribution in [3.8, 4) is 0 Å². The molecule has 0 radical (unpaired) electrons. The molecule has 0 saturated carbocycles. The van der Waals surface area contributed by atoms with Crippen LogP contribution < -0.4 is 5.32 Å². The third-order valence-corrected chi connectivity index (χ3v) is 4.45. The van der Waals surface area contributed by atoms with E-state index in [0.717, 1.165) is 25.2 Å². The first-order valence-corrected chi connectivity index (χ1v) is 7.92. The molecule has 106 valence electrons. The molecule has 1 N–H and O–H groups in total. The molecule has 0 bridgehead atoms. The molecule has 2 heterocycles. The summed E-state index contributed by atoms with van der Waals surface area (Å²) in [4.78, 5) is 2.64. The fraction of sp³-hybridized carbons (Fsp3) is 1.00. The first-order valence-electron chi connectivity index (χ1n) is 7.92. The van der Waals surface area contributed by atoms with Gasteiger partial charge in [0.2, 0.25) is 0 Å². The van der Waals surface area contributed by atoms with E-state index in [4.69, 9.17) is 4.74 Å². The maximum Gasteiger partial charge on any atom is 0.0469 e. The third-order valence-electron chi connectivity index (χ3n) is 4.45. The molecule has 0 aliphatic carbocycles. The number of hydrogen-bond acceptors (Lipinski definition) is 3. The minimum atomic E-state index is 0.769. The van der Waals surface area contributed by atoms with Crippen LogP contribution in [0.15, 0.2) is 0 Å². The molecular weight excluding hydrogens is 224 g/mol. The van der Waals surface area contributed by atoms with Gasteiger partial charge in [-0.15, -0.1) is 0 Å². The Hall–Kier alpha value is -0.120. The zero-order valence-electron chi connectivity index (χ0n) is 12.0. The van der Waals surface area contributed by atoms with Crippen LogP contribution in [0, 0.1) is 5.92 Å². The average molecular weight is 254 g/mol. The monoisotopic (exact) mass is 254 g/mol. The molecule has 3 nitrogen and oxygen atoms in total. The number of piperidine rings is 1. The lowest BCUT2D eigenvalue weighted by atomic mass is 9.98. The van der Waals surface area contributed by atoms with Crippen LogP contribution in [0.2, 0.25) is 0 Å². The van der Waals surface area contributed by atoms with E-state index in [1.807, 2.05) is 0 Å². The molecular formula is C15H30N2O. The molecule has 2 aliphatic rings. The van der Waals surface area contributed by atoms with Gasteiger partial charge < -0.3 is 15.0 Å². The Morgan fingerprint density at radius 3 is 2.50 bits per heavy atom. The summed E-state index contributed by atoms with van der Waals surface area (Å²) < 4.78 is 5.41. The second-order valence-corrected chi connectivity index (χ2v) is 5.93. The normalized spacial score (nSPS) is 24.5. The van der Waals surface area contributed by atoms with E-state index in [1.54, 1.807) is 0 Å². The fourth-order valence-electron chi connectivity index (χ4n) is 3.03. The van der Waals surface area contributed by atoms with Gasteiger partial charge in [-0.3, -0.25) is 0 Å². The number of ether oxygens (including phenoxy) is 1. The summed E-state index contributed by atoms with van der Waals surface area (Å²) >= 11 is 0. The van der Waals surface area contributed by atoms with Gasteiger partial charge in [0.15, 0.2) is 0 Å². The molecule has 2 saturated heterocycles. The molecule has 18 heavy (non-hydrogen) atoms. The van der Waals surface area contributed by atoms with Gasteiger partial charge in [0.05, 0.1) is 0 Å². The van der Waals surface area contributed by atoms with Crippen LogP contribution in [-0.4, -0.2) is 50.3 Å². The van der Waals surface area contributed by atoms with Crippen molar-refractivity contribution in [2.75, 3.05) is 39.4 Å². The van der Waals surface area contributed by atoms with E-state index in [9.17, 15) is 0 Å². The molecule has 0 aromatic carbocycles. The van der Waals surface area contributed by atoms with Crippen LogP contribution >= 0.6 is 0 Å². The Morgan fingerprint density at radius 1 is 1.11 bits per heavy atom. The summed E-state index contributed by atoms with van der Waals surface area (Å²) in [6.07, 6.45) is 7.87. The number of rotatable bonds is 6. The predicted octanol–water partition coefficient (Wildman–Crippen LogP) is 2.27. The molecule has 0 aromatic heterocycles. The zero-order valence-corrected chi connectivity index (χ0v) is 12.0. The molecule has 0 atom stereocenters. The lowest BCUT2D eigenvalue weighted by molar-refractivity contribution is 0.0643. The van der Waals surface area contributed by atoms with Crippen molar-refractivity contribution in [1.82, 2.24) is 10.2 Å². The quantitative estimate of drug-likeness (QED) is 0.787. The molecule has 3 heteroatoms. The maximum absolute atomic E-state index is 5.41. The van der Waals surface area contributed by atoms with Crippen molar-refractivity contribution in [2.24, 2.45) is 5.92 Å². The van der Waals surface area contributed by atoms with Crippen molar-refractivity contribution in [3.05, 3.63) is 0 Å². The predicted molar refractivity (Wildman–Crippen MR) is 75.9 cm³/mol. The highest BCUT2D eigenvalue weighted by molar-refractivity contribution is 4.78. The topological polar surface area (TPSA) is 24.5 Å². The zero-order chi connectivity index (χ0) is 12.6. The van der Waals surface area contributed by atoms with Crippen molar-refractivity contribution < 1.29 is 4.74 Å². The summed E-state index contributed by atoms with van der Waals surface area (Å²) in [5, 5.41) is 3.79. The van der Waals surface area contributed by atoms with E-state index in [1.165, 1.54) is 64.7 Å². The number of nitrogens with one attached hydrogen (secondary N) is 1. The van der Waals surface area contributed by atoms with Crippen LogP contribution in [0.5, 0.6) is 0 Å². The standard InChI is InChI=1S/C15H30N2O/c1-2-3-8-17-9-4-15(5-10-17)16-13-14-6-11-18-12-7-14/h14-16H,2-13H2,1H3. The summed E-state index contributed by atoms with van der Waals surface area (Å²) in [6, 6.07) is 0.769. The van der Waals surface area contributed by atoms with Crippen LogP contribution in [0.4, 0.5) is 0 Å². The highest BCUT2D eigenvalue weighted by atomic mass is 16.5. The summed E-state index contributed by atoms with van der Waals surface area (Å²) in [5.41, 5.74) is 0. The minimum Gasteiger partial charge on any atom is -0.381 e. The van der Waals surface area contributed by atoms with Crippen molar-refractivity contribution in [3.63, 3.8) is 0 Å². The van der Waals surface area contributed by atoms with E-state index in [0.29, 0.717) is 0 Å². The van der Waals surface area contributed by atoms with Crippen molar-refractivity contribution in [2.45, 2.75) is 51.5 Å². The Morgan fingerprint density at radius 2 is 1.83 bits per heavy atom. The Bertz CT molecular complexity index is 209. The summed E-state index contributed by atoms with van der Waals surface area (Å²) in [7, 11) is 0. The van der Waals surface area contributed by atoms with Crippen molar-refractivity contribution >= 4 is 0 Å². The maximum atomic E-state index is 5.41. The number of likely N-dealkylation sites (tertiary alicyclic amines) is 1. The van der Waals surface area contributed by atoms with Crippen LogP contribution in [0.25, 0.3) is 0 Å². The summed E-state index contributed by atoms with van der Waals surface area (Å²) in [6.45, 7) is 9.34. The molecule has 0 aromatic rings. The lowest BCUT2D eigenvalue weighted by Gasteiger charge is -2.33. The second-order valence-electron chi connectivity index (χ2n) is 5.93. The number of unbranched alkanes of at least 4 members (excludes halogenated alkanes) is 1. The van der Waals surface area contributed by atoms with Crippen LogP contribution in [0.1, 0.15) is 45.4 Å². The molecule has 2 rings (SSSR count). The molecule has 0 unspecified atom stereocenters. The van der Waals surface area contributed by atoms with E-state index in [2.05, 4.69) is 17.1 Å². The van der Waals surface area contributed by atoms with Crippen LogP contribution in [0.3, 0.4) is 0 Å².